The number of nitrogens with one attached hydrogen (secondary N) is 1. The van der Waals surface area contributed by atoms with E-state index < -0.39 is 11.9 Å². The molecule has 0 atom stereocenters. The van der Waals surface area contributed by atoms with Crippen LogP contribution in [0.5, 0.6) is 0 Å². The normalized spacial score (nSPS) is 10.9. The minimum atomic E-state index is -0.672. The monoisotopic (exact) mass is 378 g/mol. The van der Waals surface area contributed by atoms with Gasteiger partial charge in [-0.05, 0) is 31.2 Å². The summed E-state index contributed by atoms with van der Waals surface area (Å²) in [6.45, 7) is 1.57. The first-order valence-corrected chi connectivity index (χ1v) is 7.67. The van der Waals surface area contributed by atoms with Gasteiger partial charge in [0.25, 0.3) is 5.91 Å². The molecule has 1 aromatic carbocycles. The van der Waals surface area contributed by atoms with E-state index in [9.17, 15) is 14.9 Å². The highest BCUT2D eigenvalue weighted by molar-refractivity contribution is 6.35. The summed E-state index contributed by atoms with van der Waals surface area (Å²) in [4.78, 5) is 23.8. The van der Waals surface area contributed by atoms with E-state index in [4.69, 9.17) is 27.6 Å². The number of hydrogen-bond acceptors (Lipinski definition) is 5. The van der Waals surface area contributed by atoms with E-state index in [2.05, 4.69) is 10.1 Å². The molecule has 0 aliphatic heterocycles. The van der Waals surface area contributed by atoms with Crippen molar-refractivity contribution in [3.63, 3.8) is 0 Å². The molecule has 1 heterocycles. The number of aryl methyl sites for hydroxylation is 1. The van der Waals surface area contributed by atoms with Gasteiger partial charge >= 0.3 is 5.97 Å². The van der Waals surface area contributed by atoms with Crippen molar-refractivity contribution in [2.24, 2.45) is 0 Å². The van der Waals surface area contributed by atoms with E-state index in [1.54, 1.807) is 13.0 Å². The molecule has 0 fully saturated rings. The van der Waals surface area contributed by atoms with Crippen LogP contribution in [0.1, 0.15) is 21.9 Å². The van der Waals surface area contributed by atoms with Gasteiger partial charge in [0.2, 0.25) is 0 Å². The maximum absolute atomic E-state index is 12.2. The van der Waals surface area contributed by atoms with Crippen LogP contribution in [0.15, 0.2) is 34.3 Å². The predicted octanol–water partition coefficient (Wildman–Crippen LogP) is 4.23. The van der Waals surface area contributed by atoms with E-state index in [1.165, 1.54) is 37.5 Å². The molecule has 0 aliphatic rings. The minimum Gasteiger partial charge on any atom is -0.465 e. The Hall–Kier alpha value is -2.75. The molecule has 1 aromatic heterocycles. The topological polar surface area (TPSA) is 92.3 Å². The molecule has 2 aromatic rings. The molecule has 1 amide bonds. The zero-order valence-electron chi connectivity index (χ0n) is 13.2. The number of nitriles is 1. The number of amides is 1. The van der Waals surface area contributed by atoms with Crippen LogP contribution in [-0.2, 0) is 9.53 Å². The molecule has 0 spiro atoms. The number of carbonyl (C=O) groups is 2. The van der Waals surface area contributed by atoms with E-state index in [-0.39, 0.29) is 16.9 Å². The highest BCUT2D eigenvalue weighted by atomic mass is 35.5. The summed E-state index contributed by atoms with van der Waals surface area (Å²) in [6.07, 6.45) is 1.22. The molecule has 0 saturated carbocycles. The zero-order chi connectivity index (χ0) is 18.6. The van der Waals surface area contributed by atoms with Crippen LogP contribution in [0.2, 0.25) is 10.0 Å². The second-order valence-corrected chi connectivity index (χ2v) is 5.77. The maximum atomic E-state index is 12.2. The van der Waals surface area contributed by atoms with Gasteiger partial charge in [-0.1, -0.05) is 23.2 Å². The summed E-state index contributed by atoms with van der Waals surface area (Å²) in [6, 6.07) is 7.67. The first-order valence-electron chi connectivity index (χ1n) is 6.92. The molecular weight excluding hydrogens is 367 g/mol. The summed E-state index contributed by atoms with van der Waals surface area (Å²) in [5.41, 5.74) is 0.337. The largest absolute Gasteiger partial charge is 0.465 e. The van der Waals surface area contributed by atoms with Crippen molar-refractivity contribution in [1.29, 1.82) is 5.26 Å². The van der Waals surface area contributed by atoms with E-state index in [1.807, 2.05) is 0 Å². The van der Waals surface area contributed by atoms with Crippen LogP contribution in [0, 0.1) is 18.3 Å². The molecule has 0 bridgehead atoms. The predicted molar refractivity (Wildman–Crippen MR) is 93.5 cm³/mol. The number of carbonyl (C=O) groups excluding carboxylic acids is 2. The Morgan fingerprint density at radius 1 is 1.24 bits per heavy atom. The van der Waals surface area contributed by atoms with Gasteiger partial charge in [0.1, 0.15) is 28.7 Å². The summed E-state index contributed by atoms with van der Waals surface area (Å²) in [5, 5.41) is 12.4. The van der Waals surface area contributed by atoms with Gasteiger partial charge in [0.05, 0.1) is 7.11 Å². The number of hydrogen-bond donors (Lipinski definition) is 1. The molecule has 1 N–H and O–H groups in total. The second-order valence-electron chi connectivity index (χ2n) is 4.89. The van der Waals surface area contributed by atoms with Gasteiger partial charge in [0.15, 0.2) is 0 Å². The number of rotatable bonds is 4. The van der Waals surface area contributed by atoms with Crippen molar-refractivity contribution < 1.29 is 18.7 Å². The number of anilines is 1. The van der Waals surface area contributed by atoms with Crippen LogP contribution in [-0.4, -0.2) is 19.0 Å². The first-order chi connectivity index (χ1) is 11.8. The number of benzene rings is 1. The molecule has 0 saturated heterocycles. The zero-order valence-corrected chi connectivity index (χ0v) is 14.7. The fourth-order valence-corrected chi connectivity index (χ4v) is 2.53. The Kier molecular flexibility index (Phi) is 5.86. The van der Waals surface area contributed by atoms with Crippen molar-refractivity contribution in [3.05, 3.63) is 57.0 Å². The van der Waals surface area contributed by atoms with Gasteiger partial charge in [-0.3, -0.25) is 4.79 Å². The lowest BCUT2D eigenvalue weighted by Crippen LogP contribution is -2.13. The molecule has 0 aliphatic carbocycles. The highest BCUT2D eigenvalue weighted by Gasteiger charge is 2.16. The Labute approximate surface area is 153 Å². The first kappa shape index (κ1) is 18.6. The van der Waals surface area contributed by atoms with E-state index in [0.717, 1.165) is 0 Å². The van der Waals surface area contributed by atoms with Crippen LogP contribution < -0.4 is 5.32 Å². The lowest BCUT2D eigenvalue weighted by molar-refractivity contribution is -0.112. The smallest absolute Gasteiger partial charge is 0.341 e. The quantitative estimate of drug-likeness (QED) is 0.488. The third-order valence-corrected chi connectivity index (χ3v) is 3.55. The summed E-state index contributed by atoms with van der Waals surface area (Å²) in [7, 11) is 1.24. The van der Waals surface area contributed by atoms with Crippen molar-refractivity contribution in [2.45, 2.75) is 6.92 Å². The van der Waals surface area contributed by atoms with Gasteiger partial charge < -0.3 is 14.5 Å². The van der Waals surface area contributed by atoms with E-state index in [0.29, 0.717) is 21.5 Å². The number of ether oxygens (including phenoxy) is 1. The van der Waals surface area contributed by atoms with E-state index >= 15 is 0 Å². The molecule has 2 rings (SSSR count). The van der Waals surface area contributed by atoms with Crippen LogP contribution in [0.25, 0.3) is 6.08 Å². The summed E-state index contributed by atoms with van der Waals surface area (Å²) in [5.74, 6) is -0.752. The molecule has 0 unspecified atom stereocenters. The third-order valence-electron chi connectivity index (χ3n) is 3.11. The minimum absolute atomic E-state index is 0.175. The highest BCUT2D eigenvalue weighted by Crippen LogP contribution is 2.23. The van der Waals surface area contributed by atoms with Crippen LogP contribution in [0.4, 0.5) is 5.69 Å². The molecule has 128 valence electrons. The lowest BCUT2D eigenvalue weighted by Gasteiger charge is -2.05. The SMILES string of the molecule is COC(=O)c1cc(/C=C(\C#N)C(=O)Nc2cc(Cl)cc(Cl)c2)oc1C. The van der Waals surface area contributed by atoms with Crippen molar-refractivity contribution in [2.75, 3.05) is 12.4 Å². The molecular formula is C17H12Cl2N2O4. The standard InChI is InChI=1S/C17H12Cl2N2O4/c1-9-15(17(23)24-2)7-14(25-9)3-10(8-20)16(22)21-13-5-11(18)4-12(19)6-13/h3-7H,1-2H3,(H,21,22)/b10-3+. The van der Waals surface area contributed by atoms with Crippen LogP contribution in [0.3, 0.4) is 0 Å². The molecule has 8 heteroatoms. The number of furan rings is 1. The number of halogens is 2. The Balaban J connectivity index is 2.26. The Morgan fingerprint density at radius 3 is 2.44 bits per heavy atom. The average Bonchev–Trinajstić information content (AvgIpc) is 2.91. The van der Waals surface area contributed by atoms with Crippen molar-refractivity contribution >= 4 is 46.8 Å². The summed E-state index contributed by atoms with van der Waals surface area (Å²) >= 11 is 11.7. The van der Waals surface area contributed by atoms with Crippen LogP contribution >= 0.6 is 23.2 Å². The number of methoxy groups -OCH3 is 1. The number of nitrogens with zero attached hydrogens (tertiary/aromatic N) is 1. The molecule has 0 radical (unpaired) electrons. The van der Waals surface area contributed by atoms with Crippen molar-refractivity contribution in [1.82, 2.24) is 0 Å². The Morgan fingerprint density at radius 2 is 1.88 bits per heavy atom. The number of esters is 1. The molecule has 6 nitrogen and oxygen atoms in total. The van der Waals surface area contributed by atoms with Gasteiger partial charge in [-0.15, -0.1) is 0 Å². The third kappa shape index (κ3) is 4.63. The summed E-state index contributed by atoms with van der Waals surface area (Å²) < 4.78 is 9.98. The Bertz CT molecular complexity index is 890. The average molecular weight is 379 g/mol. The van der Waals surface area contributed by atoms with Gasteiger partial charge in [-0.25, -0.2) is 4.79 Å². The lowest BCUT2D eigenvalue weighted by atomic mass is 10.2. The van der Waals surface area contributed by atoms with Gasteiger partial charge in [0, 0.05) is 21.8 Å². The second kappa shape index (κ2) is 7.88. The molecule has 25 heavy (non-hydrogen) atoms. The fourth-order valence-electron chi connectivity index (χ4n) is 2.00. The fraction of sp³-hybridized carbons (Fsp3) is 0.118. The van der Waals surface area contributed by atoms with Crippen molar-refractivity contribution in [3.8, 4) is 6.07 Å². The maximum Gasteiger partial charge on any atom is 0.341 e. The van der Waals surface area contributed by atoms with Gasteiger partial charge in [-0.2, -0.15) is 5.26 Å².